The van der Waals surface area contributed by atoms with Crippen LogP contribution in [0.1, 0.15) is 47.3 Å². The number of anilines is 1. The molecular formula is C24H30FN5O3. The van der Waals surface area contributed by atoms with Crippen molar-refractivity contribution in [2.45, 2.75) is 38.3 Å². The van der Waals surface area contributed by atoms with Crippen molar-refractivity contribution in [1.29, 1.82) is 0 Å². The summed E-state index contributed by atoms with van der Waals surface area (Å²) in [7, 11) is 1.36. The van der Waals surface area contributed by atoms with E-state index >= 15 is 0 Å². The topological polar surface area (TPSA) is 86.8 Å². The zero-order valence-electron chi connectivity index (χ0n) is 19.0. The fourth-order valence-corrected chi connectivity index (χ4v) is 4.76. The summed E-state index contributed by atoms with van der Waals surface area (Å²) in [5.41, 5.74) is 4.93. The molecule has 2 aliphatic heterocycles. The van der Waals surface area contributed by atoms with Gasteiger partial charge in [0.15, 0.2) is 0 Å². The number of hydrogen-bond acceptors (Lipinski definition) is 6. The van der Waals surface area contributed by atoms with E-state index in [-0.39, 0.29) is 17.4 Å². The number of rotatable bonds is 8. The molecule has 0 spiro atoms. The summed E-state index contributed by atoms with van der Waals surface area (Å²) in [6.07, 6.45) is 3.85. The third-order valence-electron chi connectivity index (χ3n) is 6.48. The highest BCUT2D eigenvalue weighted by Gasteiger charge is 2.35. The molecule has 2 N–H and O–H groups in total. The van der Waals surface area contributed by atoms with Crippen LogP contribution in [0.4, 0.5) is 10.1 Å². The Hall–Kier alpha value is -3.04. The third kappa shape index (κ3) is 5.15. The Balaban J connectivity index is 1.54. The van der Waals surface area contributed by atoms with E-state index in [1.807, 2.05) is 4.90 Å². The minimum atomic E-state index is -0.471. The van der Waals surface area contributed by atoms with Crippen LogP contribution in [0.3, 0.4) is 0 Å². The van der Waals surface area contributed by atoms with E-state index < -0.39 is 11.8 Å². The molecule has 2 atom stereocenters. The molecule has 8 nitrogen and oxygen atoms in total. The van der Waals surface area contributed by atoms with Crippen LogP contribution in [0.15, 0.2) is 36.5 Å². The molecule has 0 bridgehead atoms. The van der Waals surface area contributed by atoms with Gasteiger partial charge >= 0.3 is 0 Å². The van der Waals surface area contributed by atoms with Gasteiger partial charge in [-0.05, 0) is 55.3 Å². The predicted molar refractivity (Wildman–Crippen MR) is 122 cm³/mol. The van der Waals surface area contributed by atoms with Gasteiger partial charge in [-0.2, -0.15) is 0 Å². The number of pyridine rings is 1. The van der Waals surface area contributed by atoms with Crippen molar-refractivity contribution >= 4 is 17.5 Å². The van der Waals surface area contributed by atoms with Gasteiger partial charge in [0.05, 0.1) is 24.9 Å². The van der Waals surface area contributed by atoms with E-state index in [0.717, 1.165) is 42.7 Å². The number of benzene rings is 1. The maximum absolute atomic E-state index is 13.3. The van der Waals surface area contributed by atoms with Crippen molar-refractivity contribution in [3.05, 3.63) is 59.2 Å². The smallest absolute Gasteiger partial charge is 0.293 e. The molecule has 1 aromatic heterocycles. The highest BCUT2D eigenvalue weighted by atomic mass is 19.1. The lowest BCUT2D eigenvalue weighted by Gasteiger charge is -2.24. The number of amides is 2. The summed E-state index contributed by atoms with van der Waals surface area (Å²) in [4.78, 5) is 38.9. The summed E-state index contributed by atoms with van der Waals surface area (Å²) in [6.45, 7) is 5.76. The SMILES string of the molecule is CCN1CCCC1CNC(=O)C1CN(Cc2ccc(F)cc2)c2cnc(C(=O)NOC)cc21. The number of aromatic nitrogens is 1. The largest absolute Gasteiger partial charge is 0.365 e. The van der Waals surface area contributed by atoms with Gasteiger partial charge in [-0.25, -0.2) is 14.9 Å². The standard InChI is InChI=1S/C24H30FN5O3/c1-3-29-10-4-5-18(29)12-27-23(31)20-15-30(14-16-6-8-17(25)9-7-16)22-13-26-21(11-19(20)22)24(32)28-33-2/h6-9,11,13,18,20H,3-5,10,12,14-15H2,1-2H3,(H,27,31)(H,28,32). The number of hydrogen-bond donors (Lipinski definition) is 2. The minimum absolute atomic E-state index is 0.0647. The Morgan fingerprint density at radius 1 is 1.27 bits per heavy atom. The number of nitrogens with zero attached hydrogens (tertiary/aromatic N) is 3. The lowest BCUT2D eigenvalue weighted by atomic mass is 10.0. The van der Waals surface area contributed by atoms with E-state index in [2.05, 4.69) is 27.6 Å². The van der Waals surface area contributed by atoms with Gasteiger partial charge in [0.1, 0.15) is 11.5 Å². The fourth-order valence-electron chi connectivity index (χ4n) is 4.76. The maximum Gasteiger partial charge on any atom is 0.293 e. The number of carbonyl (C=O) groups is 2. The van der Waals surface area contributed by atoms with E-state index in [9.17, 15) is 14.0 Å². The van der Waals surface area contributed by atoms with Gasteiger partial charge in [0.2, 0.25) is 5.91 Å². The monoisotopic (exact) mass is 455 g/mol. The molecule has 1 fully saturated rings. The normalized spacial score (nSPS) is 20.0. The molecule has 176 valence electrons. The highest BCUT2D eigenvalue weighted by molar-refractivity contribution is 5.94. The number of fused-ring (bicyclic) bond motifs is 1. The van der Waals surface area contributed by atoms with Gasteiger partial charge < -0.3 is 10.2 Å². The van der Waals surface area contributed by atoms with Crippen molar-refractivity contribution in [1.82, 2.24) is 20.7 Å². The lowest BCUT2D eigenvalue weighted by molar-refractivity contribution is -0.122. The van der Waals surface area contributed by atoms with Gasteiger partial charge in [0.25, 0.3) is 5.91 Å². The summed E-state index contributed by atoms with van der Waals surface area (Å²) in [6, 6.07) is 8.33. The molecule has 1 saturated heterocycles. The van der Waals surface area contributed by atoms with Gasteiger partial charge in [-0.15, -0.1) is 0 Å². The van der Waals surface area contributed by atoms with Crippen molar-refractivity contribution in [2.24, 2.45) is 0 Å². The van der Waals surface area contributed by atoms with Crippen LogP contribution in [0.2, 0.25) is 0 Å². The first-order chi connectivity index (χ1) is 16.0. The predicted octanol–water partition coefficient (Wildman–Crippen LogP) is 2.22. The van der Waals surface area contributed by atoms with Crippen molar-refractivity contribution < 1.29 is 18.8 Å². The highest BCUT2D eigenvalue weighted by Crippen LogP contribution is 2.37. The Labute approximate surface area is 193 Å². The molecule has 3 heterocycles. The average Bonchev–Trinajstić information content (AvgIpc) is 3.43. The van der Waals surface area contributed by atoms with Crippen LogP contribution in [0.5, 0.6) is 0 Å². The fraction of sp³-hybridized carbons (Fsp3) is 0.458. The Bertz CT molecular complexity index is 1000. The molecule has 0 radical (unpaired) electrons. The first kappa shape index (κ1) is 23.1. The van der Waals surface area contributed by atoms with Crippen LogP contribution in [-0.2, 0) is 16.2 Å². The Kier molecular flexibility index (Phi) is 7.20. The molecule has 9 heteroatoms. The molecular weight excluding hydrogens is 425 g/mol. The first-order valence-electron chi connectivity index (χ1n) is 11.3. The van der Waals surface area contributed by atoms with Gasteiger partial charge in [0, 0.05) is 25.7 Å². The van der Waals surface area contributed by atoms with Gasteiger partial charge in [-0.3, -0.25) is 19.3 Å². The summed E-state index contributed by atoms with van der Waals surface area (Å²) >= 11 is 0. The van der Waals surface area contributed by atoms with Crippen LogP contribution in [-0.4, -0.2) is 61.0 Å². The molecule has 4 rings (SSSR count). The van der Waals surface area contributed by atoms with Crippen LogP contribution in [0.25, 0.3) is 0 Å². The number of likely N-dealkylation sites (N-methyl/N-ethyl adjacent to an activating group) is 1. The Morgan fingerprint density at radius 2 is 2.06 bits per heavy atom. The van der Waals surface area contributed by atoms with Crippen molar-refractivity contribution in [2.75, 3.05) is 38.2 Å². The summed E-state index contributed by atoms with van der Waals surface area (Å²) in [5, 5.41) is 3.13. The second-order valence-corrected chi connectivity index (χ2v) is 8.49. The van der Waals surface area contributed by atoms with Crippen molar-refractivity contribution in [3.63, 3.8) is 0 Å². The molecule has 0 aliphatic carbocycles. The van der Waals surface area contributed by atoms with E-state index in [4.69, 9.17) is 4.84 Å². The lowest BCUT2D eigenvalue weighted by Crippen LogP contribution is -2.42. The average molecular weight is 456 g/mol. The van der Waals surface area contributed by atoms with Crippen LogP contribution >= 0.6 is 0 Å². The first-order valence-corrected chi connectivity index (χ1v) is 11.3. The molecule has 2 unspecified atom stereocenters. The zero-order chi connectivity index (χ0) is 23.4. The number of nitrogens with one attached hydrogen (secondary N) is 2. The second kappa shape index (κ2) is 10.3. The number of hydroxylamine groups is 1. The second-order valence-electron chi connectivity index (χ2n) is 8.49. The summed E-state index contributed by atoms with van der Waals surface area (Å²) < 4.78 is 13.3. The van der Waals surface area contributed by atoms with E-state index in [1.54, 1.807) is 24.4 Å². The molecule has 2 amide bonds. The van der Waals surface area contributed by atoms with E-state index in [0.29, 0.717) is 25.7 Å². The molecule has 2 aromatic rings. The molecule has 33 heavy (non-hydrogen) atoms. The van der Waals surface area contributed by atoms with Crippen molar-refractivity contribution in [3.8, 4) is 0 Å². The minimum Gasteiger partial charge on any atom is -0.365 e. The third-order valence-corrected chi connectivity index (χ3v) is 6.48. The molecule has 2 aliphatic rings. The van der Waals surface area contributed by atoms with E-state index in [1.165, 1.54) is 19.2 Å². The van der Waals surface area contributed by atoms with Crippen LogP contribution < -0.4 is 15.7 Å². The number of likely N-dealkylation sites (tertiary alicyclic amines) is 1. The molecule has 0 saturated carbocycles. The maximum atomic E-state index is 13.3. The quantitative estimate of drug-likeness (QED) is 0.594. The summed E-state index contributed by atoms with van der Waals surface area (Å²) in [5.74, 6) is -1.26. The van der Waals surface area contributed by atoms with Crippen LogP contribution in [0, 0.1) is 5.82 Å². The Morgan fingerprint density at radius 3 is 2.79 bits per heavy atom. The van der Waals surface area contributed by atoms with Gasteiger partial charge in [-0.1, -0.05) is 19.1 Å². The molecule has 1 aromatic carbocycles. The number of halogens is 1. The zero-order valence-corrected chi connectivity index (χ0v) is 19.0. The number of carbonyl (C=O) groups excluding carboxylic acids is 2.